The molecule has 1 amide bonds. The van der Waals surface area contributed by atoms with Crippen molar-refractivity contribution in [3.8, 4) is 0 Å². The number of nitrogens with one attached hydrogen (secondary N) is 1. The zero-order valence-electron chi connectivity index (χ0n) is 9.65. The van der Waals surface area contributed by atoms with Crippen molar-refractivity contribution in [2.24, 2.45) is 0 Å². The minimum Gasteiger partial charge on any atom is -0.336 e. The van der Waals surface area contributed by atoms with Crippen LogP contribution in [0.15, 0.2) is 12.3 Å². The van der Waals surface area contributed by atoms with Gasteiger partial charge in [-0.25, -0.2) is 0 Å². The molecule has 0 atom stereocenters. The van der Waals surface area contributed by atoms with Crippen LogP contribution in [0.1, 0.15) is 23.8 Å². The van der Waals surface area contributed by atoms with Crippen molar-refractivity contribution in [2.45, 2.75) is 19.9 Å². The van der Waals surface area contributed by atoms with Gasteiger partial charge in [0.05, 0.1) is 0 Å². The fourth-order valence-electron chi connectivity index (χ4n) is 1.98. The van der Waals surface area contributed by atoms with Gasteiger partial charge in [-0.05, 0) is 26.0 Å². The Morgan fingerprint density at radius 3 is 3.19 bits per heavy atom. The second-order valence-corrected chi connectivity index (χ2v) is 3.93. The Balaban J connectivity index is 2.11. The van der Waals surface area contributed by atoms with Crippen LogP contribution in [0.4, 0.5) is 0 Å². The summed E-state index contributed by atoms with van der Waals surface area (Å²) >= 11 is 0. The lowest BCUT2D eigenvalue weighted by atomic mass is 10.3. The van der Waals surface area contributed by atoms with Gasteiger partial charge in [0, 0.05) is 32.4 Å². The summed E-state index contributed by atoms with van der Waals surface area (Å²) in [6.45, 7) is 6.23. The van der Waals surface area contributed by atoms with Crippen molar-refractivity contribution >= 4 is 5.91 Å². The van der Waals surface area contributed by atoms with E-state index in [-0.39, 0.29) is 5.91 Å². The third kappa shape index (κ3) is 2.24. The standard InChI is InChI=1S/C11H18N4O/c1-2-15-10(4-6-13-15)11(16)14-8-3-5-12-7-9-14/h4,6,12H,2-3,5,7-9H2,1H3. The Morgan fingerprint density at radius 2 is 2.38 bits per heavy atom. The molecule has 1 aromatic rings. The number of aryl methyl sites for hydroxylation is 1. The molecule has 5 nitrogen and oxygen atoms in total. The lowest BCUT2D eigenvalue weighted by molar-refractivity contribution is 0.0754. The van der Waals surface area contributed by atoms with Gasteiger partial charge in [-0.3, -0.25) is 9.48 Å². The van der Waals surface area contributed by atoms with Crippen LogP contribution in [-0.4, -0.2) is 46.8 Å². The molecule has 0 aromatic carbocycles. The molecule has 0 saturated carbocycles. The third-order valence-electron chi connectivity index (χ3n) is 2.86. The first kappa shape index (κ1) is 11.1. The summed E-state index contributed by atoms with van der Waals surface area (Å²) in [7, 11) is 0. The topological polar surface area (TPSA) is 50.2 Å². The fraction of sp³-hybridized carbons (Fsp3) is 0.636. The van der Waals surface area contributed by atoms with Crippen LogP contribution in [0.3, 0.4) is 0 Å². The minimum absolute atomic E-state index is 0.100. The molecule has 1 N–H and O–H groups in total. The normalized spacial score (nSPS) is 17.2. The van der Waals surface area contributed by atoms with Crippen molar-refractivity contribution in [2.75, 3.05) is 26.2 Å². The molecular weight excluding hydrogens is 204 g/mol. The van der Waals surface area contributed by atoms with Gasteiger partial charge in [-0.2, -0.15) is 5.10 Å². The summed E-state index contributed by atoms with van der Waals surface area (Å²) in [6.07, 6.45) is 2.71. The molecule has 2 heterocycles. The van der Waals surface area contributed by atoms with Gasteiger partial charge in [0.2, 0.25) is 0 Å². The number of nitrogens with zero attached hydrogens (tertiary/aromatic N) is 3. The van der Waals surface area contributed by atoms with Crippen LogP contribution >= 0.6 is 0 Å². The third-order valence-corrected chi connectivity index (χ3v) is 2.86. The van der Waals surface area contributed by atoms with Gasteiger partial charge in [0.15, 0.2) is 0 Å². The van der Waals surface area contributed by atoms with E-state index in [1.54, 1.807) is 16.9 Å². The molecule has 0 aliphatic carbocycles. The Morgan fingerprint density at radius 1 is 1.50 bits per heavy atom. The number of rotatable bonds is 2. The van der Waals surface area contributed by atoms with Crippen LogP contribution in [0.5, 0.6) is 0 Å². The van der Waals surface area contributed by atoms with E-state index in [0.29, 0.717) is 5.69 Å². The summed E-state index contributed by atoms with van der Waals surface area (Å²) in [4.78, 5) is 14.1. The van der Waals surface area contributed by atoms with E-state index < -0.39 is 0 Å². The zero-order chi connectivity index (χ0) is 11.4. The lowest BCUT2D eigenvalue weighted by Crippen LogP contribution is -2.35. The van der Waals surface area contributed by atoms with E-state index >= 15 is 0 Å². The van der Waals surface area contributed by atoms with E-state index in [1.165, 1.54) is 0 Å². The molecular formula is C11H18N4O. The van der Waals surface area contributed by atoms with Gasteiger partial charge >= 0.3 is 0 Å². The van der Waals surface area contributed by atoms with Crippen molar-refractivity contribution in [3.05, 3.63) is 18.0 Å². The molecule has 1 saturated heterocycles. The van der Waals surface area contributed by atoms with Crippen molar-refractivity contribution in [1.82, 2.24) is 20.0 Å². The van der Waals surface area contributed by atoms with Crippen LogP contribution in [0.25, 0.3) is 0 Å². The second kappa shape index (κ2) is 5.12. The van der Waals surface area contributed by atoms with Crippen molar-refractivity contribution < 1.29 is 4.79 Å². The van der Waals surface area contributed by atoms with Gasteiger partial charge < -0.3 is 10.2 Å². The maximum atomic E-state index is 12.2. The molecule has 0 radical (unpaired) electrons. The predicted molar refractivity (Wildman–Crippen MR) is 61.3 cm³/mol. The monoisotopic (exact) mass is 222 g/mol. The fourth-order valence-corrected chi connectivity index (χ4v) is 1.98. The molecule has 0 bridgehead atoms. The Kier molecular flexibility index (Phi) is 3.56. The first-order valence-corrected chi connectivity index (χ1v) is 5.84. The van der Waals surface area contributed by atoms with Gasteiger partial charge in [-0.15, -0.1) is 0 Å². The van der Waals surface area contributed by atoms with Gasteiger partial charge in [-0.1, -0.05) is 0 Å². The highest BCUT2D eigenvalue weighted by atomic mass is 16.2. The summed E-state index contributed by atoms with van der Waals surface area (Å²) in [6, 6.07) is 1.80. The highest BCUT2D eigenvalue weighted by molar-refractivity contribution is 5.92. The number of carbonyl (C=O) groups is 1. The number of aromatic nitrogens is 2. The quantitative estimate of drug-likeness (QED) is 0.785. The molecule has 88 valence electrons. The Labute approximate surface area is 95.4 Å². The lowest BCUT2D eigenvalue weighted by Gasteiger charge is -2.20. The summed E-state index contributed by atoms with van der Waals surface area (Å²) in [5.74, 6) is 0.100. The molecule has 16 heavy (non-hydrogen) atoms. The summed E-state index contributed by atoms with van der Waals surface area (Å²) in [5.41, 5.74) is 0.699. The van der Waals surface area contributed by atoms with Crippen LogP contribution in [0.2, 0.25) is 0 Å². The highest BCUT2D eigenvalue weighted by Gasteiger charge is 2.19. The van der Waals surface area contributed by atoms with E-state index in [1.807, 2.05) is 11.8 Å². The smallest absolute Gasteiger partial charge is 0.272 e. The summed E-state index contributed by atoms with van der Waals surface area (Å²) < 4.78 is 1.75. The predicted octanol–water partition coefficient (Wildman–Crippen LogP) is 0.339. The molecule has 5 heteroatoms. The van der Waals surface area contributed by atoms with Gasteiger partial charge in [0.25, 0.3) is 5.91 Å². The summed E-state index contributed by atoms with van der Waals surface area (Å²) in [5, 5.41) is 7.42. The van der Waals surface area contributed by atoms with E-state index in [4.69, 9.17) is 0 Å². The minimum atomic E-state index is 0.100. The first-order valence-electron chi connectivity index (χ1n) is 5.84. The number of carbonyl (C=O) groups excluding carboxylic acids is 1. The number of hydrogen-bond acceptors (Lipinski definition) is 3. The Hall–Kier alpha value is -1.36. The van der Waals surface area contributed by atoms with Crippen molar-refractivity contribution in [3.63, 3.8) is 0 Å². The van der Waals surface area contributed by atoms with Crippen LogP contribution in [0, 0.1) is 0 Å². The first-order chi connectivity index (χ1) is 7.83. The Bertz CT molecular complexity index is 353. The van der Waals surface area contributed by atoms with E-state index in [9.17, 15) is 4.79 Å². The number of hydrogen-bond donors (Lipinski definition) is 1. The average Bonchev–Trinajstić information content (AvgIpc) is 2.61. The largest absolute Gasteiger partial charge is 0.336 e. The maximum Gasteiger partial charge on any atom is 0.272 e. The zero-order valence-corrected chi connectivity index (χ0v) is 9.65. The second-order valence-electron chi connectivity index (χ2n) is 3.93. The molecule has 0 unspecified atom stereocenters. The number of amides is 1. The SMILES string of the molecule is CCn1nccc1C(=O)N1CCCNCC1. The maximum absolute atomic E-state index is 12.2. The van der Waals surface area contributed by atoms with Crippen LogP contribution in [-0.2, 0) is 6.54 Å². The molecule has 1 fully saturated rings. The molecule has 0 spiro atoms. The average molecular weight is 222 g/mol. The van der Waals surface area contributed by atoms with Gasteiger partial charge in [0.1, 0.15) is 5.69 Å². The molecule has 1 aliphatic heterocycles. The highest BCUT2D eigenvalue weighted by Crippen LogP contribution is 2.06. The molecule has 1 aliphatic rings. The van der Waals surface area contributed by atoms with Crippen molar-refractivity contribution in [1.29, 1.82) is 0 Å². The molecule has 1 aromatic heterocycles. The molecule has 2 rings (SSSR count). The van der Waals surface area contributed by atoms with E-state index in [0.717, 1.165) is 39.1 Å². The van der Waals surface area contributed by atoms with Crippen LogP contribution < -0.4 is 5.32 Å². The van der Waals surface area contributed by atoms with E-state index in [2.05, 4.69) is 10.4 Å².